The lowest BCUT2D eigenvalue weighted by atomic mass is 9.82. The fourth-order valence-corrected chi connectivity index (χ4v) is 2.66. The molecule has 118 valence electrons. The molecule has 1 saturated carbocycles. The minimum Gasteiger partial charge on any atom is -0.354 e. The van der Waals surface area contributed by atoms with E-state index in [1.807, 2.05) is 0 Å². The molecule has 1 aliphatic carbocycles. The van der Waals surface area contributed by atoms with Gasteiger partial charge >= 0.3 is 0 Å². The molecule has 2 rings (SSSR count). The van der Waals surface area contributed by atoms with E-state index in [1.165, 1.54) is 12.1 Å². The first-order valence-electron chi connectivity index (χ1n) is 7.02. The van der Waals surface area contributed by atoms with Crippen molar-refractivity contribution in [1.82, 2.24) is 5.32 Å². The average Bonchev–Trinajstić information content (AvgIpc) is 2.38. The van der Waals surface area contributed by atoms with Gasteiger partial charge in [-0.15, -0.1) is 12.4 Å². The van der Waals surface area contributed by atoms with Crippen LogP contribution in [0.5, 0.6) is 0 Å². The molecule has 0 unspecified atom stereocenters. The van der Waals surface area contributed by atoms with Gasteiger partial charge in [-0.05, 0) is 37.0 Å². The lowest BCUT2D eigenvalue weighted by molar-refractivity contribution is -0.127. The van der Waals surface area contributed by atoms with Crippen LogP contribution in [0.15, 0.2) is 18.2 Å². The summed E-state index contributed by atoms with van der Waals surface area (Å²) in [5.74, 6) is -1.36. The third-order valence-electron chi connectivity index (χ3n) is 3.82. The van der Waals surface area contributed by atoms with E-state index in [0.717, 1.165) is 25.3 Å². The van der Waals surface area contributed by atoms with Crippen molar-refractivity contribution in [2.24, 2.45) is 5.73 Å². The zero-order valence-corrected chi connectivity index (χ0v) is 12.6. The third-order valence-corrected chi connectivity index (χ3v) is 3.82. The van der Waals surface area contributed by atoms with Crippen molar-refractivity contribution in [3.05, 3.63) is 35.4 Å². The second-order valence-corrected chi connectivity index (χ2v) is 5.50. The number of nitrogens with two attached hydrogens (primary N) is 1. The standard InChI is InChI=1S/C15H20F2N2O.ClH/c16-12-8-11(9-13(17)10-12)4-7-19-14(20)15(18)5-2-1-3-6-15;/h8-10H,1-7,18H2,(H,19,20);1H. The first kappa shape index (κ1) is 17.9. The lowest BCUT2D eigenvalue weighted by Crippen LogP contribution is -2.55. The van der Waals surface area contributed by atoms with Crippen molar-refractivity contribution in [2.45, 2.75) is 44.1 Å². The number of hydrogen-bond acceptors (Lipinski definition) is 2. The van der Waals surface area contributed by atoms with Crippen LogP contribution in [0.1, 0.15) is 37.7 Å². The van der Waals surface area contributed by atoms with Gasteiger partial charge in [-0.1, -0.05) is 19.3 Å². The number of carbonyl (C=O) groups is 1. The summed E-state index contributed by atoms with van der Waals surface area (Å²) in [6, 6.07) is 3.38. The normalized spacial score (nSPS) is 16.9. The number of amides is 1. The summed E-state index contributed by atoms with van der Waals surface area (Å²) in [4.78, 5) is 12.1. The molecule has 0 radical (unpaired) electrons. The molecule has 0 aromatic heterocycles. The van der Waals surface area contributed by atoms with Crippen LogP contribution in [-0.4, -0.2) is 18.0 Å². The number of rotatable bonds is 4. The van der Waals surface area contributed by atoms with Crippen molar-refractivity contribution in [1.29, 1.82) is 0 Å². The van der Waals surface area contributed by atoms with E-state index in [4.69, 9.17) is 5.73 Å². The molecule has 1 aliphatic rings. The summed E-state index contributed by atoms with van der Waals surface area (Å²) in [6.45, 7) is 0.334. The first-order valence-corrected chi connectivity index (χ1v) is 7.02. The van der Waals surface area contributed by atoms with E-state index in [9.17, 15) is 13.6 Å². The number of carbonyl (C=O) groups excluding carboxylic acids is 1. The van der Waals surface area contributed by atoms with Crippen LogP contribution in [0.3, 0.4) is 0 Å². The number of benzene rings is 1. The Morgan fingerprint density at radius 3 is 2.29 bits per heavy atom. The van der Waals surface area contributed by atoms with Gasteiger partial charge in [0.2, 0.25) is 5.91 Å². The van der Waals surface area contributed by atoms with Crippen LogP contribution < -0.4 is 11.1 Å². The van der Waals surface area contributed by atoms with Crippen LogP contribution in [0.2, 0.25) is 0 Å². The Hall–Kier alpha value is -1.20. The van der Waals surface area contributed by atoms with Gasteiger partial charge in [0.25, 0.3) is 0 Å². The highest BCUT2D eigenvalue weighted by molar-refractivity contribution is 5.86. The van der Waals surface area contributed by atoms with E-state index in [0.29, 0.717) is 31.4 Å². The van der Waals surface area contributed by atoms with E-state index in [-0.39, 0.29) is 18.3 Å². The number of halogens is 3. The predicted molar refractivity (Wildman–Crippen MR) is 80.3 cm³/mol. The molecule has 0 saturated heterocycles. The smallest absolute Gasteiger partial charge is 0.240 e. The van der Waals surface area contributed by atoms with Gasteiger partial charge < -0.3 is 11.1 Å². The SMILES string of the molecule is Cl.NC1(C(=O)NCCc2cc(F)cc(F)c2)CCCCC1. The van der Waals surface area contributed by atoms with Crippen LogP contribution in [0.4, 0.5) is 8.78 Å². The maximum absolute atomic E-state index is 13.0. The number of hydrogen-bond donors (Lipinski definition) is 2. The monoisotopic (exact) mass is 318 g/mol. The minimum atomic E-state index is -0.772. The summed E-state index contributed by atoms with van der Waals surface area (Å²) < 4.78 is 26.0. The Labute approximate surface area is 129 Å². The maximum Gasteiger partial charge on any atom is 0.240 e. The fourth-order valence-electron chi connectivity index (χ4n) is 2.66. The van der Waals surface area contributed by atoms with Gasteiger partial charge in [-0.25, -0.2) is 8.78 Å². The fraction of sp³-hybridized carbons (Fsp3) is 0.533. The van der Waals surface area contributed by atoms with Crippen molar-refractivity contribution in [2.75, 3.05) is 6.54 Å². The van der Waals surface area contributed by atoms with Gasteiger partial charge in [0, 0.05) is 12.6 Å². The topological polar surface area (TPSA) is 55.1 Å². The highest BCUT2D eigenvalue weighted by atomic mass is 35.5. The molecule has 0 spiro atoms. The summed E-state index contributed by atoms with van der Waals surface area (Å²) in [5, 5.41) is 2.77. The Bertz CT molecular complexity index is 470. The van der Waals surface area contributed by atoms with Crippen LogP contribution in [0.25, 0.3) is 0 Å². The molecule has 0 aliphatic heterocycles. The van der Waals surface area contributed by atoms with E-state index < -0.39 is 17.2 Å². The predicted octanol–water partition coefficient (Wildman–Crippen LogP) is 2.71. The molecule has 1 fully saturated rings. The van der Waals surface area contributed by atoms with Gasteiger partial charge in [0.15, 0.2) is 0 Å². The lowest BCUT2D eigenvalue weighted by Gasteiger charge is -2.31. The zero-order chi connectivity index (χ0) is 14.6. The molecule has 3 N–H and O–H groups in total. The summed E-state index contributed by atoms with van der Waals surface area (Å²) >= 11 is 0. The highest BCUT2D eigenvalue weighted by Crippen LogP contribution is 2.25. The molecule has 1 amide bonds. The van der Waals surface area contributed by atoms with Crippen LogP contribution >= 0.6 is 12.4 Å². The molecule has 1 aromatic carbocycles. The Morgan fingerprint density at radius 1 is 1.14 bits per heavy atom. The van der Waals surface area contributed by atoms with E-state index >= 15 is 0 Å². The van der Waals surface area contributed by atoms with E-state index in [2.05, 4.69) is 5.32 Å². The Kier molecular flexibility index (Phi) is 6.55. The molecule has 1 aromatic rings. The minimum absolute atomic E-state index is 0. The van der Waals surface area contributed by atoms with Crippen molar-refractivity contribution < 1.29 is 13.6 Å². The second-order valence-electron chi connectivity index (χ2n) is 5.50. The van der Waals surface area contributed by atoms with Crippen molar-refractivity contribution in [3.63, 3.8) is 0 Å². The van der Waals surface area contributed by atoms with Gasteiger partial charge in [-0.2, -0.15) is 0 Å². The third kappa shape index (κ3) is 4.93. The first-order chi connectivity index (χ1) is 9.49. The second kappa shape index (κ2) is 7.71. The average molecular weight is 319 g/mol. The molecule has 6 heteroatoms. The summed E-state index contributed by atoms with van der Waals surface area (Å²) in [5.41, 5.74) is 5.85. The van der Waals surface area contributed by atoms with Gasteiger partial charge in [-0.3, -0.25) is 4.79 Å². The molecule has 0 heterocycles. The number of nitrogens with one attached hydrogen (secondary N) is 1. The highest BCUT2D eigenvalue weighted by Gasteiger charge is 2.34. The zero-order valence-electron chi connectivity index (χ0n) is 11.8. The Balaban J connectivity index is 0.00000220. The summed E-state index contributed by atoms with van der Waals surface area (Å²) in [7, 11) is 0. The molecule has 0 atom stereocenters. The maximum atomic E-state index is 13.0. The molecule has 21 heavy (non-hydrogen) atoms. The van der Waals surface area contributed by atoms with Crippen molar-refractivity contribution in [3.8, 4) is 0 Å². The Morgan fingerprint density at radius 2 is 1.71 bits per heavy atom. The van der Waals surface area contributed by atoms with E-state index in [1.54, 1.807) is 0 Å². The van der Waals surface area contributed by atoms with Crippen LogP contribution in [-0.2, 0) is 11.2 Å². The largest absolute Gasteiger partial charge is 0.354 e. The van der Waals surface area contributed by atoms with Gasteiger partial charge in [0.1, 0.15) is 11.6 Å². The summed E-state index contributed by atoms with van der Waals surface area (Å²) in [6.07, 6.45) is 4.85. The van der Waals surface area contributed by atoms with Gasteiger partial charge in [0.05, 0.1) is 5.54 Å². The molecule has 0 bridgehead atoms. The molecular weight excluding hydrogens is 298 g/mol. The van der Waals surface area contributed by atoms with Crippen LogP contribution in [0, 0.1) is 11.6 Å². The quantitative estimate of drug-likeness (QED) is 0.897. The van der Waals surface area contributed by atoms with Crippen molar-refractivity contribution >= 4 is 18.3 Å². The molecule has 3 nitrogen and oxygen atoms in total. The molecular formula is C15H21ClF2N2O.